The molecule has 0 radical (unpaired) electrons. The molecule has 122 valence electrons. The Morgan fingerprint density at radius 3 is 2.70 bits per heavy atom. The predicted octanol–water partition coefficient (Wildman–Crippen LogP) is 2.49. The topological polar surface area (TPSA) is 45.5 Å². The number of benzene rings is 1. The Morgan fingerprint density at radius 1 is 1.17 bits per heavy atom. The lowest BCUT2D eigenvalue weighted by Crippen LogP contribution is -2.39. The van der Waals surface area contributed by atoms with E-state index in [0.717, 1.165) is 37.7 Å². The molecule has 1 aromatic carbocycles. The molecule has 0 spiro atoms. The third-order valence-electron chi connectivity index (χ3n) is 4.03. The summed E-state index contributed by atoms with van der Waals surface area (Å²) in [6.45, 7) is 6.72. The first-order valence-corrected chi connectivity index (χ1v) is 8.43. The summed E-state index contributed by atoms with van der Waals surface area (Å²) >= 11 is 0. The van der Waals surface area contributed by atoms with Crippen LogP contribution in [0, 0.1) is 0 Å². The summed E-state index contributed by atoms with van der Waals surface area (Å²) in [6, 6.07) is 10.4. The van der Waals surface area contributed by atoms with Crippen molar-refractivity contribution in [3.05, 3.63) is 53.9 Å². The minimum Gasteiger partial charge on any atom is -0.357 e. The third kappa shape index (κ3) is 4.34. The molecule has 0 unspecified atom stereocenters. The monoisotopic (exact) mass is 311 g/mol. The summed E-state index contributed by atoms with van der Waals surface area (Å²) in [7, 11) is 0. The summed E-state index contributed by atoms with van der Waals surface area (Å²) in [4.78, 5) is 7.11. The highest BCUT2D eigenvalue weighted by Crippen LogP contribution is 2.09. The SMILES string of the molecule is CCNC(=NCc1cnn(Cc2ccccc2)c1)N1CCCC1. The zero-order valence-corrected chi connectivity index (χ0v) is 13.8. The van der Waals surface area contributed by atoms with Crippen molar-refractivity contribution in [3.8, 4) is 0 Å². The van der Waals surface area contributed by atoms with Crippen molar-refractivity contribution in [3.63, 3.8) is 0 Å². The van der Waals surface area contributed by atoms with Gasteiger partial charge in [0, 0.05) is 31.4 Å². The molecule has 1 fully saturated rings. The van der Waals surface area contributed by atoms with Crippen LogP contribution in [-0.2, 0) is 13.1 Å². The van der Waals surface area contributed by atoms with E-state index in [9.17, 15) is 0 Å². The van der Waals surface area contributed by atoms with E-state index in [1.165, 1.54) is 18.4 Å². The molecule has 1 aliphatic rings. The number of nitrogens with one attached hydrogen (secondary N) is 1. The van der Waals surface area contributed by atoms with Gasteiger partial charge in [-0.15, -0.1) is 0 Å². The van der Waals surface area contributed by atoms with Gasteiger partial charge in [-0.25, -0.2) is 4.99 Å². The number of aromatic nitrogens is 2. The average Bonchev–Trinajstić information content (AvgIpc) is 3.24. The van der Waals surface area contributed by atoms with E-state index in [2.05, 4.69) is 52.7 Å². The molecule has 5 nitrogen and oxygen atoms in total. The molecule has 0 atom stereocenters. The molecule has 0 aliphatic carbocycles. The summed E-state index contributed by atoms with van der Waals surface area (Å²) in [5.74, 6) is 1.03. The van der Waals surface area contributed by atoms with Crippen LogP contribution in [-0.4, -0.2) is 40.3 Å². The van der Waals surface area contributed by atoms with Gasteiger partial charge in [0.2, 0.25) is 0 Å². The fraction of sp³-hybridized carbons (Fsp3) is 0.444. The molecule has 3 rings (SSSR count). The Hall–Kier alpha value is -2.30. The van der Waals surface area contributed by atoms with Gasteiger partial charge in [-0.3, -0.25) is 4.68 Å². The molecule has 0 saturated carbocycles. The maximum atomic E-state index is 4.76. The molecule has 1 aromatic heterocycles. The lowest BCUT2D eigenvalue weighted by atomic mass is 10.2. The Morgan fingerprint density at radius 2 is 1.96 bits per heavy atom. The van der Waals surface area contributed by atoms with Gasteiger partial charge in [-0.05, 0) is 25.3 Å². The van der Waals surface area contributed by atoms with Crippen LogP contribution in [0.2, 0.25) is 0 Å². The second-order valence-corrected chi connectivity index (χ2v) is 5.90. The molecule has 2 heterocycles. The van der Waals surface area contributed by atoms with Crippen LogP contribution >= 0.6 is 0 Å². The van der Waals surface area contributed by atoms with Gasteiger partial charge in [0.1, 0.15) is 0 Å². The van der Waals surface area contributed by atoms with Crippen molar-refractivity contribution < 1.29 is 0 Å². The number of rotatable bonds is 5. The summed E-state index contributed by atoms with van der Waals surface area (Å²) < 4.78 is 1.98. The number of aliphatic imine (C=N–C) groups is 1. The van der Waals surface area contributed by atoms with Gasteiger partial charge in [-0.1, -0.05) is 30.3 Å². The van der Waals surface area contributed by atoms with E-state index in [1.54, 1.807) is 0 Å². The van der Waals surface area contributed by atoms with Gasteiger partial charge in [0.25, 0.3) is 0 Å². The fourth-order valence-electron chi connectivity index (χ4n) is 2.87. The van der Waals surface area contributed by atoms with E-state index in [0.29, 0.717) is 6.54 Å². The van der Waals surface area contributed by atoms with Gasteiger partial charge in [0.05, 0.1) is 19.3 Å². The summed E-state index contributed by atoms with van der Waals surface area (Å²) in [5, 5.41) is 7.84. The van der Waals surface area contributed by atoms with Crippen LogP contribution in [0.1, 0.15) is 30.9 Å². The van der Waals surface area contributed by atoms with Crippen LogP contribution < -0.4 is 5.32 Å². The molecule has 23 heavy (non-hydrogen) atoms. The van der Waals surface area contributed by atoms with Crippen LogP contribution in [0.3, 0.4) is 0 Å². The first-order valence-electron chi connectivity index (χ1n) is 8.43. The highest BCUT2D eigenvalue weighted by atomic mass is 15.3. The average molecular weight is 311 g/mol. The van der Waals surface area contributed by atoms with E-state index in [1.807, 2.05) is 16.9 Å². The quantitative estimate of drug-likeness (QED) is 0.681. The largest absolute Gasteiger partial charge is 0.357 e. The molecule has 1 saturated heterocycles. The number of hydrogen-bond donors (Lipinski definition) is 1. The van der Waals surface area contributed by atoms with Gasteiger partial charge in [0.15, 0.2) is 5.96 Å². The summed E-state index contributed by atoms with van der Waals surface area (Å²) in [5.41, 5.74) is 2.41. The lowest BCUT2D eigenvalue weighted by Gasteiger charge is -2.20. The van der Waals surface area contributed by atoms with E-state index >= 15 is 0 Å². The van der Waals surface area contributed by atoms with Crippen LogP contribution in [0.4, 0.5) is 0 Å². The van der Waals surface area contributed by atoms with Crippen LogP contribution in [0.25, 0.3) is 0 Å². The van der Waals surface area contributed by atoms with Gasteiger partial charge >= 0.3 is 0 Å². The normalized spacial score (nSPS) is 15.2. The zero-order chi connectivity index (χ0) is 15.9. The molecule has 2 aromatic rings. The van der Waals surface area contributed by atoms with Gasteiger partial charge < -0.3 is 10.2 Å². The smallest absolute Gasteiger partial charge is 0.194 e. The first-order chi connectivity index (χ1) is 11.3. The highest BCUT2D eigenvalue weighted by molar-refractivity contribution is 5.80. The standard InChI is InChI=1S/C18H25N5/c1-2-19-18(22-10-6-7-11-22)20-12-17-13-21-23(15-17)14-16-8-4-3-5-9-16/h3-5,8-9,13,15H,2,6-7,10-12,14H2,1H3,(H,19,20). The molecule has 0 amide bonds. The van der Waals surface area contributed by atoms with Crippen molar-refractivity contribution in [2.45, 2.75) is 32.9 Å². The summed E-state index contributed by atoms with van der Waals surface area (Å²) in [6.07, 6.45) is 6.53. The van der Waals surface area contributed by atoms with E-state index < -0.39 is 0 Å². The maximum absolute atomic E-state index is 4.76. The van der Waals surface area contributed by atoms with Gasteiger partial charge in [-0.2, -0.15) is 5.10 Å². The second kappa shape index (κ2) is 7.81. The Labute approximate surface area is 138 Å². The minimum atomic E-state index is 0.674. The maximum Gasteiger partial charge on any atom is 0.194 e. The second-order valence-electron chi connectivity index (χ2n) is 5.90. The molecule has 1 N–H and O–H groups in total. The molecular formula is C18H25N5. The minimum absolute atomic E-state index is 0.674. The van der Waals surface area contributed by atoms with Crippen molar-refractivity contribution in [1.29, 1.82) is 0 Å². The third-order valence-corrected chi connectivity index (χ3v) is 4.03. The van der Waals surface area contributed by atoms with Crippen LogP contribution in [0.5, 0.6) is 0 Å². The number of hydrogen-bond acceptors (Lipinski definition) is 2. The number of guanidine groups is 1. The van der Waals surface area contributed by atoms with Crippen molar-refractivity contribution >= 4 is 5.96 Å². The van der Waals surface area contributed by atoms with E-state index in [-0.39, 0.29) is 0 Å². The van der Waals surface area contributed by atoms with Crippen LogP contribution in [0.15, 0.2) is 47.7 Å². The molecule has 0 bridgehead atoms. The van der Waals surface area contributed by atoms with Crippen molar-refractivity contribution in [2.24, 2.45) is 4.99 Å². The molecular weight excluding hydrogens is 286 g/mol. The fourth-order valence-corrected chi connectivity index (χ4v) is 2.87. The predicted molar refractivity (Wildman–Crippen MR) is 93.4 cm³/mol. The molecule has 1 aliphatic heterocycles. The Kier molecular flexibility index (Phi) is 5.29. The Bertz CT molecular complexity index is 626. The van der Waals surface area contributed by atoms with Crippen molar-refractivity contribution in [2.75, 3.05) is 19.6 Å². The number of likely N-dealkylation sites (tertiary alicyclic amines) is 1. The lowest BCUT2D eigenvalue weighted by molar-refractivity contribution is 0.493. The number of nitrogens with zero attached hydrogens (tertiary/aromatic N) is 4. The van der Waals surface area contributed by atoms with Crippen molar-refractivity contribution in [1.82, 2.24) is 20.0 Å². The highest BCUT2D eigenvalue weighted by Gasteiger charge is 2.15. The first kappa shape index (κ1) is 15.6. The van der Waals surface area contributed by atoms with E-state index in [4.69, 9.17) is 4.99 Å². The Balaban J connectivity index is 1.62. The molecule has 5 heteroatoms. The zero-order valence-electron chi connectivity index (χ0n) is 13.8.